The number of fused-ring (bicyclic) bond motifs is 1. The molecule has 0 bridgehead atoms. The first-order valence-electron chi connectivity index (χ1n) is 10.6. The van der Waals surface area contributed by atoms with E-state index in [9.17, 15) is 18.0 Å². The number of benzene rings is 2. The van der Waals surface area contributed by atoms with Crippen LogP contribution in [0, 0.1) is 0 Å². The number of urea groups is 1. The van der Waals surface area contributed by atoms with Crippen molar-refractivity contribution < 1.29 is 22.7 Å². The van der Waals surface area contributed by atoms with Crippen LogP contribution in [0.3, 0.4) is 0 Å². The molecule has 0 aliphatic rings. The van der Waals surface area contributed by atoms with Crippen molar-refractivity contribution in [2.75, 3.05) is 24.3 Å². The quantitative estimate of drug-likeness (QED) is 0.362. The van der Waals surface area contributed by atoms with E-state index >= 15 is 0 Å². The summed E-state index contributed by atoms with van der Waals surface area (Å²) in [6, 6.07) is 16.2. The van der Waals surface area contributed by atoms with Crippen LogP contribution in [-0.4, -0.2) is 30.1 Å². The van der Waals surface area contributed by atoms with Crippen molar-refractivity contribution in [1.29, 1.82) is 0 Å². The van der Waals surface area contributed by atoms with Crippen LogP contribution in [-0.2, 0) is 12.7 Å². The fraction of sp³-hybridized carbons (Fsp3) is 0.160. The van der Waals surface area contributed by atoms with E-state index in [4.69, 9.17) is 4.74 Å². The number of alkyl halides is 3. The van der Waals surface area contributed by atoms with Gasteiger partial charge in [0.25, 0.3) is 0 Å². The van der Waals surface area contributed by atoms with Crippen LogP contribution in [0.4, 0.5) is 29.3 Å². The van der Waals surface area contributed by atoms with Gasteiger partial charge in [0.1, 0.15) is 17.2 Å². The van der Waals surface area contributed by atoms with E-state index in [-0.39, 0.29) is 6.54 Å². The molecule has 0 aliphatic heterocycles. The normalized spacial score (nSPS) is 11.2. The number of carbonyl (C=O) groups excluding carboxylic acids is 1. The summed E-state index contributed by atoms with van der Waals surface area (Å²) in [6.45, 7) is 0.0306. The maximum absolute atomic E-state index is 12.6. The van der Waals surface area contributed by atoms with Crippen molar-refractivity contribution in [3.63, 3.8) is 0 Å². The number of ether oxygens (including phenoxy) is 1. The molecule has 0 atom stereocenters. The van der Waals surface area contributed by atoms with E-state index < -0.39 is 17.9 Å². The molecule has 4 aromatic rings. The average Bonchev–Trinajstić information content (AvgIpc) is 2.83. The standard InChI is InChI=1S/C25H22F3N5O2/c1-33(2)18-6-9-20-21(13-18)29-12-11-22(20)35-19-7-4-17(5-8-19)32-24(34)31-15-16-3-10-23(30-14-16)25(26,27)28/h3-14H,15H2,1-2H3,(H2,31,32,34). The highest BCUT2D eigenvalue weighted by atomic mass is 19.4. The van der Waals surface area contributed by atoms with Crippen molar-refractivity contribution in [3.05, 3.63) is 84.3 Å². The molecule has 2 heterocycles. The zero-order chi connectivity index (χ0) is 25.0. The first-order chi connectivity index (χ1) is 16.7. The van der Waals surface area contributed by atoms with E-state index in [0.717, 1.165) is 28.9 Å². The van der Waals surface area contributed by atoms with Gasteiger partial charge >= 0.3 is 12.2 Å². The second kappa shape index (κ2) is 9.88. The number of anilines is 2. The summed E-state index contributed by atoms with van der Waals surface area (Å²) in [5.41, 5.74) is 1.83. The summed E-state index contributed by atoms with van der Waals surface area (Å²) in [6.07, 6.45) is -1.73. The highest BCUT2D eigenvalue weighted by Crippen LogP contribution is 2.31. The molecular weight excluding hydrogens is 459 g/mol. The van der Waals surface area contributed by atoms with Crippen LogP contribution in [0.1, 0.15) is 11.3 Å². The predicted molar refractivity (Wildman–Crippen MR) is 128 cm³/mol. The second-order valence-corrected chi connectivity index (χ2v) is 7.89. The van der Waals surface area contributed by atoms with Crippen molar-refractivity contribution >= 4 is 28.3 Å². The molecule has 4 rings (SSSR count). The number of amides is 2. The molecule has 0 saturated heterocycles. The van der Waals surface area contributed by atoms with Crippen molar-refractivity contribution in [3.8, 4) is 11.5 Å². The molecular formula is C25H22F3N5O2. The molecule has 2 aromatic heterocycles. The van der Waals surface area contributed by atoms with E-state index in [2.05, 4.69) is 20.6 Å². The van der Waals surface area contributed by atoms with Gasteiger partial charge in [-0.2, -0.15) is 13.2 Å². The maximum Gasteiger partial charge on any atom is 0.433 e. The Bertz CT molecular complexity index is 1320. The minimum atomic E-state index is -4.50. The summed E-state index contributed by atoms with van der Waals surface area (Å²) in [7, 11) is 3.92. The van der Waals surface area contributed by atoms with Gasteiger partial charge in [0.05, 0.1) is 5.52 Å². The lowest BCUT2D eigenvalue weighted by Gasteiger charge is -2.14. The van der Waals surface area contributed by atoms with Crippen LogP contribution >= 0.6 is 0 Å². The molecule has 0 saturated carbocycles. The first kappa shape index (κ1) is 23.8. The van der Waals surface area contributed by atoms with Crippen LogP contribution < -0.4 is 20.3 Å². The van der Waals surface area contributed by atoms with Gasteiger partial charge in [-0.25, -0.2) is 4.79 Å². The summed E-state index contributed by atoms with van der Waals surface area (Å²) in [4.78, 5) is 21.9. The molecule has 0 radical (unpaired) electrons. The number of hydrogen-bond acceptors (Lipinski definition) is 5. The number of nitrogens with one attached hydrogen (secondary N) is 2. The van der Waals surface area contributed by atoms with Crippen LogP contribution in [0.2, 0.25) is 0 Å². The Morgan fingerprint density at radius 2 is 1.77 bits per heavy atom. The Hall–Kier alpha value is -4.34. The molecule has 0 spiro atoms. The largest absolute Gasteiger partial charge is 0.457 e. The summed E-state index contributed by atoms with van der Waals surface area (Å²) in [5, 5.41) is 6.12. The minimum absolute atomic E-state index is 0.0306. The minimum Gasteiger partial charge on any atom is -0.457 e. The summed E-state index contributed by atoms with van der Waals surface area (Å²) in [5.74, 6) is 1.24. The smallest absolute Gasteiger partial charge is 0.433 e. The summed E-state index contributed by atoms with van der Waals surface area (Å²) < 4.78 is 43.8. The fourth-order valence-electron chi connectivity index (χ4n) is 3.27. The third-order valence-corrected chi connectivity index (χ3v) is 5.11. The van der Waals surface area contributed by atoms with Gasteiger partial charge < -0.3 is 20.3 Å². The molecule has 7 nitrogen and oxygen atoms in total. The molecule has 2 N–H and O–H groups in total. The van der Waals surface area contributed by atoms with Crippen LogP contribution in [0.25, 0.3) is 10.9 Å². The SMILES string of the molecule is CN(C)c1ccc2c(Oc3ccc(NC(=O)NCc4ccc(C(F)(F)F)nc4)cc3)ccnc2c1. The third kappa shape index (κ3) is 5.97. The lowest BCUT2D eigenvalue weighted by atomic mass is 10.2. The van der Waals surface area contributed by atoms with Crippen molar-refractivity contribution in [2.24, 2.45) is 0 Å². The molecule has 180 valence electrons. The fourth-order valence-corrected chi connectivity index (χ4v) is 3.27. The number of nitrogens with zero attached hydrogens (tertiary/aromatic N) is 3. The van der Waals surface area contributed by atoms with Crippen LogP contribution in [0.15, 0.2) is 73.1 Å². The third-order valence-electron chi connectivity index (χ3n) is 5.11. The maximum atomic E-state index is 12.6. The molecule has 2 amide bonds. The predicted octanol–water partition coefficient (Wildman–Crippen LogP) is 5.83. The second-order valence-electron chi connectivity index (χ2n) is 7.89. The molecule has 0 fully saturated rings. The zero-order valence-corrected chi connectivity index (χ0v) is 18.9. The average molecular weight is 481 g/mol. The van der Waals surface area contributed by atoms with Crippen molar-refractivity contribution in [2.45, 2.75) is 12.7 Å². The van der Waals surface area contributed by atoms with Gasteiger partial charge in [0, 0.05) is 49.8 Å². The summed E-state index contributed by atoms with van der Waals surface area (Å²) >= 11 is 0. The Balaban J connectivity index is 1.35. The topological polar surface area (TPSA) is 79.4 Å². The molecule has 0 unspecified atom stereocenters. The Kier molecular flexibility index (Phi) is 6.72. The number of pyridine rings is 2. The molecule has 10 heteroatoms. The monoisotopic (exact) mass is 481 g/mol. The van der Waals surface area contributed by atoms with Gasteiger partial charge in [0.15, 0.2) is 0 Å². The molecule has 2 aromatic carbocycles. The Labute approximate surface area is 199 Å². The van der Waals surface area contributed by atoms with Gasteiger partial charge in [-0.1, -0.05) is 6.07 Å². The molecule has 35 heavy (non-hydrogen) atoms. The van der Waals surface area contributed by atoms with E-state index in [0.29, 0.717) is 22.7 Å². The molecule has 0 aliphatic carbocycles. The lowest BCUT2D eigenvalue weighted by molar-refractivity contribution is -0.141. The lowest BCUT2D eigenvalue weighted by Crippen LogP contribution is -2.28. The van der Waals surface area contributed by atoms with Crippen LogP contribution in [0.5, 0.6) is 11.5 Å². The van der Waals surface area contributed by atoms with E-state index in [1.807, 2.05) is 37.2 Å². The van der Waals surface area contributed by atoms with Gasteiger partial charge in [-0.15, -0.1) is 0 Å². The van der Waals surface area contributed by atoms with Gasteiger partial charge in [0.2, 0.25) is 0 Å². The van der Waals surface area contributed by atoms with E-state index in [1.54, 1.807) is 36.5 Å². The van der Waals surface area contributed by atoms with E-state index in [1.165, 1.54) is 6.07 Å². The Morgan fingerprint density at radius 3 is 2.43 bits per heavy atom. The van der Waals surface area contributed by atoms with Gasteiger partial charge in [-0.3, -0.25) is 9.97 Å². The van der Waals surface area contributed by atoms with Crippen molar-refractivity contribution in [1.82, 2.24) is 15.3 Å². The Morgan fingerprint density at radius 1 is 1.00 bits per heavy atom. The number of hydrogen-bond donors (Lipinski definition) is 2. The number of halogens is 3. The highest BCUT2D eigenvalue weighted by molar-refractivity contribution is 5.89. The zero-order valence-electron chi connectivity index (χ0n) is 18.9. The number of carbonyl (C=O) groups is 1. The number of rotatable bonds is 6. The highest BCUT2D eigenvalue weighted by Gasteiger charge is 2.31. The first-order valence-corrected chi connectivity index (χ1v) is 10.6. The van der Waals surface area contributed by atoms with Gasteiger partial charge in [-0.05, 0) is 60.2 Å². The number of aromatic nitrogens is 2.